The molecule has 6 nitrogen and oxygen atoms in total. The fraction of sp³-hybridized carbons (Fsp3) is 0.400. The summed E-state index contributed by atoms with van der Waals surface area (Å²) in [7, 11) is 1.47. The first kappa shape index (κ1) is 16.7. The minimum atomic E-state index is -0.459. The number of hydrogen-bond donors (Lipinski definition) is 0. The van der Waals surface area contributed by atoms with Crippen LogP contribution in [0.5, 0.6) is 11.5 Å². The van der Waals surface area contributed by atoms with Crippen LogP contribution in [-0.2, 0) is 9.53 Å². The lowest BCUT2D eigenvalue weighted by Crippen LogP contribution is -2.07. The number of carbonyl (C=O) groups excluding carboxylic acids is 1. The van der Waals surface area contributed by atoms with Crippen LogP contribution in [0, 0.1) is 4.91 Å². The molecule has 6 heteroatoms. The van der Waals surface area contributed by atoms with Crippen LogP contribution in [0.2, 0.25) is 0 Å². The number of methoxy groups -OCH3 is 1. The number of nitrogens with zero attached hydrogens (tertiary/aromatic N) is 1. The fourth-order valence-electron chi connectivity index (χ4n) is 1.63. The quantitative estimate of drug-likeness (QED) is 0.437. The lowest BCUT2D eigenvalue weighted by atomic mass is 10.1. The summed E-state index contributed by atoms with van der Waals surface area (Å²) in [5.41, 5.74) is 0.706. The third kappa shape index (κ3) is 4.91. The van der Waals surface area contributed by atoms with Crippen molar-refractivity contribution in [1.29, 1.82) is 0 Å². The first-order chi connectivity index (χ1) is 10.0. The molecule has 0 atom stereocenters. The molecular formula is C15H19NO5. The summed E-state index contributed by atoms with van der Waals surface area (Å²) < 4.78 is 15.5. The average molecular weight is 293 g/mol. The minimum absolute atomic E-state index is 0.117. The Hall–Kier alpha value is -2.37. The van der Waals surface area contributed by atoms with Gasteiger partial charge in [-0.25, -0.2) is 4.79 Å². The van der Waals surface area contributed by atoms with Crippen LogP contribution < -0.4 is 9.47 Å². The van der Waals surface area contributed by atoms with E-state index in [1.165, 1.54) is 25.3 Å². The van der Waals surface area contributed by atoms with E-state index in [0.29, 0.717) is 17.9 Å². The number of benzene rings is 1. The predicted octanol–water partition coefficient (Wildman–Crippen LogP) is 3.46. The van der Waals surface area contributed by atoms with Crippen molar-refractivity contribution in [3.05, 3.63) is 28.7 Å². The molecule has 0 spiro atoms. The van der Waals surface area contributed by atoms with Gasteiger partial charge in [-0.1, -0.05) is 0 Å². The molecule has 1 rings (SSSR count). The standard InChI is InChI=1S/C15H19NO5/c1-5-20-14(17)7-6-11-8-12(16-18)15(21-10(2)3)13(9-11)19-4/h6-10H,5H2,1-4H3/b7-6+. The Morgan fingerprint density at radius 2 is 2.10 bits per heavy atom. The highest BCUT2D eigenvalue weighted by molar-refractivity contribution is 5.87. The Morgan fingerprint density at radius 3 is 2.62 bits per heavy atom. The molecule has 1 aromatic rings. The molecule has 0 heterocycles. The van der Waals surface area contributed by atoms with E-state index in [2.05, 4.69) is 5.18 Å². The maximum Gasteiger partial charge on any atom is 0.330 e. The van der Waals surface area contributed by atoms with Gasteiger partial charge in [0.15, 0.2) is 17.2 Å². The maximum atomic E-state index is 11.3. The summed E-state index contributed by atoms with van der Waals surface area (Å²) in [6.45, 7) is 5.70. The van der Waals surface area contributed by atoms with Crippen molar-refractivity contribution >= 4 is 17.7 Å². The molecule has 0 saturated carbocycles. The number of nitroso groups, excluding NO2 is 1. The zero-order valence-corrected chi connectivity index (χ0v) is 12.6. The van der Waals surface area contributed by atoms with Gasteiger partial charge in [0.2, 0.25) is 0 Å². The first-order valence-electron chi connectivity index (χ1n) is 6.58. The summed E-state index contributed by atoms with van der Waals surface area (Å²) in [5, 5.41) is 2.95. The number of esters is 1. The zero-order valence-electron chi connectivity index (χ0n) is 12.6. The average Bonchev–Trinajstić information content (AvgIpc) is 2.45. The SMILES string of the molecule is CCOC(=O)/C=C/c1cc(N=O)c(OC(C)C)c(OC)c1. The van der Waals surface area contributed by atoms with Gasteiger partial charge in [0.25, 0.3) is 0 Å². The molecule has 0 fully saturated rings. The van der Waals surface area contributed by atoms with E-state index in [1.807, 2.05) is 13.8 Å². The monoisotopic (exact) mass is 293 g/mol. The highest BCUT2D eigenvalue weighted by atomic mass is 16.5. The normalized spacial score (nSPS) is 10.7. The highest BCUT2D eigenvalue weighted by Gasteiger charge is 2.15. The van der Waals surface area contributed by atoms with Crippen molar-refractivity contribution in [2.45, 2.75) is 26.9 Å². The number of rotatable bonds is 7. The lowest BCUT2D eigenvalue weighted by Gasteiger charge is -2.15. The molecule has 0 unspecified atom stereocenters. The van der Waals surface area contributed by atoms with E-state index in [0.717, 1.165) is 0 Å². The van der Waals surface area contributed by atoms with E-state index in [9.17, 15) is 9.70 Å². The molecule has 0 aliphatic carbocycles. The fourth-order valence-corrected chi connectivity index (χ4v) is 1.63. The minimum Gasteiger partial charge on any atom is -0.493 e. The smallest absolute Gasteiger partial charge is 0.330 e. The molecule has 114 valence electrons. The van der Waals surface area contributed by atoms with Gasteiger partial charge in [-0.2, -0.15) is 0 Å². The van der Waals surface area contributed by atoms with Crippen LogP contribution in [0.4, 0.5) is 5.69 Å². The molecule has 0 aliphatic rings. The first-order valence-corrected chi connectivity index (χ1v) is 6.58. The van der Waals surface area contributed by atoms with E-state index in [1.54, 1.807) is 13.0 Å². The van der Waals surface area contributed by atoms with Gasteiger partial charge in [0.1, 0.15) is 0 Å². The summed E-state index contributed by atoms with van der Waals surface area (Å²) in [4.78, 5) is 22.3. The number of ether oxygens (including phenoxy) is 3. The zero-order chi connectivity index (χ0) is 15.8. The summed E-state index contributed by atoms with van der Waals surface area (Å²) in [6, 6.07) is 3.17. The van der Waals surface area contributed by atoms with E-state index in [-0.39, 0.29) is 17.5 Å². The van der Waals surface area contributed by atoms with Crippen molar-refractivity contribution in [2.75, 3.05) is 13.7 Å². The van der Waals surface area contributed by atoms with Gasteiger partial charge < -0.3 is 14.2 Å². The molecule has 0 bridgehead atoms. The van der Waals surface area contributed by atoms with E-state index < -0.39 is 5.97 Å². The predicted molar refractivity (Wildman–Crippen MR) is 79.9 cm³/mol. The van der Waals surface area contributed by atoms with E-state index in [4.69, 9.17) is 14.2 Å². The van der Waals surface area contributed by atoms with Crippen molar-refractivity contribution in [1.82, 2.24) is 0 Å². The molecule has 0 aromatic heterocycles. The van der Waals surface area contributed by atoms with Crippen LogP contribution in [0.3, 0.4) is 0 Å². The second-order valence-electron chi connectivity index (χ2n) is 4.41. The van der Waals surface area contributed by atoms with Gasteiger partial charge in [0, 0.05) is 6.08 Å². The summed E-state index contributed by atoms with van der Waals surface area (Å²) in [5.74, 6) is 0.208. The van der Waals surface area contributed by atoms with Crippen LogP contribution in [-0.4, -0.2) is 25.8 Å². The maximum absolute atomic E-state index is 11.3. The Balaban J connectivity index is 3.14. The number of carbonyl (C=O) groups is 1. The highest BCUT2D eigenvalue weighted by Crippen LogP contribution is 2.39. The van der Waals surface area contributed by atoms with Gasteiger partial charge in [-0.3, -0.25) is 0 Å². The van der Waals surface area contributed by atoms with Crippen molar-refractivity contribution in [3.63, 3.8) is 0 Å². The Labute approximate surface area is 123 Å². The lowest BCUT2D eigenvalue weighted by molar-refractivity contribution is -0.137. The Morgan fingerprint density at radius 1 is 1.38 bits per heavy atom. The van der Waals surface area contributed by atoms with Gasteiger partial charge in [-0.15, -0.1) is 4.91 Å². The van der Waals surface area contributed by atoms with Crippen LogP contribution in [0.1, 0.15) is 26.3 Å². The van der Waals surface area contributed by atoms with Gasteiger partial charge in [0.05, 0.1) is 19.8 Å². The molecule has 0 amide bonds. The largest absolute Gasteiger partial charge is 0.493 e. The molecule has 0 saturated heterocycles. The van der Waals surface area contributed by atoms with Crippen molar-refractivity contribution in [2.24, 2.45) is 5.18 Å². The van der Waals surface area contributed by atoms with Crippen molar-refractivity contribution < 1.29 is 19.0 Å². The summed E-state index contributed by atoms with van der Waals surface area (Å²) in [6.07, 6.45) is 2.67. The second-order valence-corrected chi connectivity index (χ2v) is 4.41. The third-order valence-corrected chi connectivity index (χ3v) is 2.43. The molecule has 0 N–H and O–H groups in total. The number of hydrogen-bond acceptors (Lipinski definition) is 6. The third-order valence-electron chi connectivity index (χ3n) is 2.43. The second kappa shape index (κ2) is 8.04. The topological polar surface area (TPSA) is 74.2 Å². The Bertz CT molecular complexity index is 537. The van der Waals surface area contributed by atoms with Crippen molar-refractivity contribution in [3.8, 4) is 11.5 Å². The molecule has 0 radical (unpaired) electrons. The Kier molecular flexibility index (Phi) is 6.39. The molecule has 1 aromatic carbocycles. The van der Waals surface area contributed by atoms with Crippen LogP contribution in [0.15, 0.2) is 23.4 Å². The summed E-state index contributed by atoms with van der Waals surface area (Å²) >= 11 is 0. The molecule has 21 heavy (non-hydrogen) atoms. The molecule has 0 aliphatic heterocycles. The van der Waals surface area contributed by atoms with Crippen LogP contribution in [0.25, 0.3) is 6.08 Å². The van der Waals surface area contributed by atoms with Crippen LogP contribution >= 0.6 is 0 Å². The van der Waals surface area contributed by atoms with E-state index >= 15 is 0 Å². The van der Waals surface area contributed by atoms with Gasteiger partial charge >= 0.3 is 5.97 Å². The molecular weight excluding hydrogens is 274 g/mol. The van der Waals surface area contributed by atoms with Gasteiger partial charge in [-0.05, 0) is 49.7 Å².